The number of hydroxylamine groups is 1. The zero-order valence-electron chi connectivity index (χ0n) is 15.4. The van der Waals surface area contributed by atoms with Gasteiger partial charge in [0.1, 0.15) is 11.5 Å². The predicted octanol–water partition coefficient (Wildman–Crippen LogP) is 5.13. The monoisotopic (exact) mass is 383 g/mol. The molecule has 29 heavy (non-hydrogen) atoms. The third-order valence-corrected chi connectivity index (χ3v) is 4.30. The first-order chi connectivity index (χ1) is 14.2. The molecule has 0 unspecified atom stereocenters. The zero-order valence-corrected chi connectivity index (χ0v) is 15.4. The quantitative estimate of drug-likeness (QED) is 0.496. The Morgan fingerprint density at radius 3 is 2.14 bits per heavy atom. The highest BCUT2D eigenvalue weighted by Gasteiger charge is 2.12. The van der Waals surface area contributed by atoms with Crippen LogP contribution in [0.3, 0.4) is 0 Å². The second kappa shape index (κ2) is 8.27. The van der Waals surface area contributed by atoms with Crippen LogP contribution in [0.2, 0.25) is 0 Å². The van der Waals surface area contributed by atoms with E-state index in [4.69, 9.17) is 9.57 Å². The number of carbonyl (C=O) groups is 2. The summed E-state index contributed by atoms with van der Waals surface area (Å²) in [6, 6.07) is 28.8. The molecule has 0 saturated heterocycles. The number of rotatable bonds is 4. The van der Waals surface area contributed by atoms with E-state index in [2.05, 4.69) is 5.48 Å². The van der Waals surface area contributed by atoms with Crippen molar-refractivity contribution < 1.29 is 19.2 Å². The minimum atomic E-state index is -0.637. The number of amides is 1. The molecule has 0 spiro atoms. The van der Waals surface area contributed by atoms with Crippen LogP contribution in [0.1, 0.15) is 20.7 Å². The number of hydrogen-bond donors (Lipinski definition) is 1. The molecule has 0 atom stereocenters. The van der Waals surface area contributed by atoms with Crippen LogP contribution >= 0.6 is 0 Å². The average Bonchev–Trinajstić information content (AvgIpc) is 2.78. The maximum absolute atomic E-state index is 12.3. The van der Waals surface area contributed by atoms with Gasteiger partial charge in [0.15, 0.2) is 0 Å². The van der Waals surface area contributed by atoms with Gasteiger partial charge in [-0.15, -0.1) is 0 Å². The maximum Gasteiger partial charge on any atom is 0.362 e. The van der Waals surface area contributed by atoms with Crippen molar-refractivity contribution in [1.82, 2.24) is 5.48 Å². The van der Waals surface area contributed by atoms with Crippen molar-refractivity contribution in [2.24, 2.45) is 0 Å². The summed E-state index contributed by atoms with van der Waals surface area (Å²) < 4.78 is 5.88. The smallest absolute Gasteiger partial charge is 0.362 e. The van der Waals surface area contributed by atoms with Gasteiger partial charge in [-0.3, -0.25) is 4.79 Å². The molecule has 0 fully saturated rings. The molecule has 0 saturated carbocycles. The number of benzene rings is 4. The van der Waals surface area contributed by atoms with E-state index in [0.717, 1.165) is 10.8 Å². The van der Waals surface area contributed by atoms with Crippen LogP contribution in [-0.2, 0) is 4.84 Å². The van der Waals surface area contributed by atoms with Gasteiger partial charge < -0.3 is 9.57 Å². The van der Waals surface area contributed by atoms with Gasteiger partial charge in [-0.1, -0.05) is 54.6 Å². The molecule has 4 aromatic rings. The minimum absolute atomic E-state index is 0.309. The fraction of sp³-hybridized carbons (Fsp3) is 0. The number of hydrogen-bond acceptors (Lipinski definition) is 4. The summed E-state index contributed by atoms with van der Waals surface area (Å²) >= 11 is 0. The Morgan fingerprint density at radius 2 is 1.31 bits per heavy atom. The van der Waals surface area contributed by atoms with Crippen LogP contribution < -0.4 is 10.2 Å². The highest BCUT2D eigenvalue weighted by molar-refractivity contribution is 5.96. The fourth-order valence-corrected chi connectivity index (χ4v) is 2.85. The lowest BCUT2D eigenvalue weighted by atomic mass is 10.1. The molecule has 0 aliphatic heterocycles. The van der Waals surface area contributed by atoms with Crippen molar-refractivity contribution in [3.63, 3.8) is 0 Å². The molecule has 1 amide bonds. The van der Waals surface area contributed by atoms with Gasteiger partial charge in [-0.2, -0.15) is 5.48 Å². The number of carbonyl (C=O) groups excluding carboxylic acids is 2. The summed E-state index contributed by atoms with van der Waals surface area (Å²) in [6.07, 6.45) is 0. The average molecular weight is 383 g/mol. The molecular weight excluding hydrogens is 366 g/mol. The van der Waals surface area contributed by atoms with Crippen LogP contribution in [-0.4, -0.2) is 11.9 Å². The van der Waals surface area contributed by atoms with Crippen LogP contribution in [0, 0.1) is 0 Å². The van der Waals surface area contributed by atoms with Crippen molar-refractivity contribution in [3.8, 4) is 11.5 Å². The van der Waals surface area contributed by atoms with Gasteiger partial charge in [-0.25, -0.2) is 4.79 Å². The van der Waals surface area contributed by atoms with Gasteiger partial charge in [0.05, 0.1) is 5.56 Å². The molecule has 142 valence electrons. The van der Waals surface area contributed by atoms with E-state index in [1.165, 1.54) is 0 Å². The summed E-state index contributed by atoms with van der Waals surface area (Å²) in [6.45, 7) is 0. The molecule has 0 heterocycles. The summed E-state index contributed by atoms with van der Waals surface area (Å²) in [5.41, 5.74) is 2.83. The SMILES string of the molecule is O=C(NOC(=O)c1ccccc1)c1cccc(Oc2ccc3ccccc3c2)c1. The molecule has 0 aliphatic carbocycles. The molecular formula is C24H17NO4. The van der Waals surface area contributed by atoms with Crippen LogP contribution in [0.5, 0.6) is 11.5 Å². The zero-order chi connectivity index (χ0) is 20.1. The van der Waals surface area contributed by atoms with Crippen molar-refractivity contribution in [2.45, 2.75) is 0 Å². The lowest BCUT2D eigenvalue weighted by Gasteiger charge is -2.09. The van der Waals surface area contributed by atoms with Gasteiger partial charge in [0.25, 0.3) is 5.91 Å². The molecule has 4 aromatic carbocycles. The van der Waals surface area contributed by atoms with Gasteiger partial charge in [0, 0.05) is 5.56 Å². The molecule has 5 nitrogen and oxygen atoms in total. The maximum atomic E-state index is 12.3. The summed E-state index contributed by atoms with van der Waals surface area (Å²) in [4.78, 5) is 29.1. The predicted molar refractivity (Wildman–Crippen MR) is 110 cm³/mol. The third-order valence-electron chi connectivity index (χ3n) is 4.30. The van der Waals surface area contributed by atoms with E-state index in [1.807, 2.05) is 42.5 Å². The number of nitrogens with one attached hydrogen (secondary N) is 1. The Bertz CT molecular complexity index is 1170. The third kappa shape index (κ3) is 4.42. The molecule has 0 bridgehead atoms. The summed E-state index contributed by atoms with van der Waals surface area (Å²) in [7, 11) is 0. The van der Waals surface area contributed by atoms with Gasteiger partial charge >= 0.3 is 5.97 Å². The Kier molecular flexibility index (Phi) is 5.21. The molecule has 0 radical (unpaired) electrons. The second-order valence-electron chi connectivity index (χ2n) is 6.33. The molecule has 5 heteroatoms. The Labute approximate surface area is 167 Å². The van der Waals surface area contributed by atoms with Crippen molar-refractivity contribution in [1.29, 1.82) is 0 Å². The largest absolute Gasteiger partial charge is 0.457 e. The highest BCUT2D eigenvalue weighted by atomic mass is 16.7. The lowest BCUT2D eigenvalue weighted by molar-refractivity contribution is 0.0230. The normalized spacial score (nSPS) is 10.3. The second-order valence-corrected chi connectivity index (χ2v) is 6.33. The van der Waals surface area contributed by atoms with Crippen LogP contribution in [0.25, 0.3) is 10.8 Å². The molecule has 4 rings (SSSR count). The molecule has 0 aromatic heterocycles. The van der Waals surface area contributed by atoms with Gasteiger partial charge in [0.2, 0.25) is 0 Å². The summed E-state index contributed by atoms with van der Waals surface area (Å²) in [5.74, 6) is -0.0140. The first-order valence-electron chi connectivity index (χ1n) is 9.02. The molecule has 0 aliphatic rings. The van der Waals surface area contributed by atoms with Gasteiger partial charge in [-0.05, 0) is 53.2 Å². The standard InChI is InChI=1S/C24H17NO4/c26-23(25-29-24(27)18-8-2-1-3-9-18)20-11-6-12-21(16-20)28-22-14-13-17-7-4-5-10-19(17)15-22/h1-16H,(H,25,26). The van der Waals surface area contributed by atoms with Crippen LogP contribution in [0.4, 0.5) is 0 Å². The Morgan fingerprint density at radius 1 is 0.621 bits per heavy atom. The van der Waals surface area contributed by atoms with E-state index < -0.39 is 11.9 Å². The Balaban J connectivity index is 1.43. The highest BCUT2D eigenvalue weighted by Crippen LogP contribution is 2.26. The lowest BCUT2D eigenvalue weighted by Crippen LogP contribution is -2.27. The van der Waals surface area contributed by atoms with E-state index in [0.29, 0.717) is 22.6 Å². The van der Waals surface area contributed by atoms with Crippen LogP contribution in [0.15, 0.2) is 97.1 Å². The van der Waals surface area contributed by atoms with Crippen molar-refractivity contribution in [3.05, 3.63) is 108 Å². The topological polar surface area (TPSA) is 64.6 Å². The first kappa shape index (κ1) is 18.3. The van der Waals surface area contributed by atoms with E-state index in [9.17, 15) is 9.59 Å². The summed E-state index contributed by atoms with van der Waals surface area (Å²) in [5, 5.41) is 2.18. The minimum Gasteiger partial charge on any atom is -0.457 e. The first-order valence-corrected chi connectivity index (χ1v) is 9.02. The van der Waals surface area contributed by atoms with E-state index >= 15 is 0 Å². The van der Waals surface area contributed by atoms with Crippen molar-refractivity contribution in [2.75, 3.05) is 0 Å². The number of fused-ring (bicyclic) bond motifs is 1. The van der Waals surface area contributed by atoms with Crippen molar-refractivity contribution >= 4 is 22.6 Å². The molecule has 1 N–H and O–H groups in total. The Hall–Kier alpha value is -4.12. The van der Waals surface area contributed by atoms with E-state index in [-0.39, 0.29) is 0 Å². The number of ether oxygens (including phenoxy) is 1. The van der Waals surface area contributed by atoms with E-state index in [1.54, 1.807) is 54.6 Å². The fourth-order valence-electron chi connectivity index (χ4n) is 2.85.